The predicted molar refractivity (Wildman–Crippen MR) is 90.3 cm³/mol. The first-order chi connectivity index (χ1) is 10.2. The van der Waals surface area contributed by atoms with Crippen LogP contribution >= 0.6 is 0 Å². The van der Waals surface area contributed by atoms with Crippen LogP contribution in [0.4, 0.5) is 0 Å². The Morgan fingerprint density at radius 2 is 1.95 bits per heavy atom. The van der Waals surface area contributed by atoms with Gasteiger partial charge < -0.3 is 9.64 Å². The molecule has 1 aliphatic rings. The number of aryl methyl sites for hydroxylation is 2. The van der Waals surface area contributed by atoms with Crippen LogP contribution in [0, 0.1) is 26.2 Å². The van der Waals surface area contributed by atoms with E-state index in [1.54, 1.807) is 0 Å². The Bertz CT molecular complexity index is 563. The van der Waals surface area contributed by atoms with Crippen molar-refractivity contribution in [3.8, 4) is 5.75 Å². The number of rotatable bonds is 3. The van der Waals surface area contributed by atoms with Crippen LogP contribution in [-0.2, 0) is 4.79 Å². The van der Waals surface area contributed by atoms with Crippen LogP contribution in [-0.4, -0.2) is 30.0 Å². The highest BCUT2D eigenvalue weighted by atomic mass is 16.5. The number of piperidine rings is 1. The summed E-state index contributed by atoms with van der Waals surface area (Å²) in [4.78, 5) is 14.6. The smallest absolute Gasteiger partial charge is 0.263 e. The fourth-order valence-corrected chi connectivity index (χ4v) is 3.23. The Kier molecular flexibility index (Phi) is 4.84. The number of hydrogen-bond acceptors (Lipinski definition) is 2. The van der Waals surface area contributed by atoms with Crippen molar-refractivity contribution < 1.29 is 9.53 Å². The van der Waals surface area contributed by atoms with Gasteiger partial charge in [0.15, 0.2) is 6.10 Å². The summed E-state index contributed by atoms with van der Waals surface area (Å²) < 4.78 is 6.00. The maximum absolute atomic E-state index is 12.7. The number of benzene rings is 1. The van der Waals surface area contributed by atoms with E-state index >= 15 is 0 Å². The number of carbonyl (C=O) groups is 1. The van der Waals surface area contributed by atoms with E-state index < -0.39 is 6.10 Å². The van der Waals surface area contributed by atoms with E-state index in [-0.39, 0.29) is 11.3 Å². The molecule has 0 spiro atoms. The normalized spacial score (nSPS) is 18.9. The zero-order valence-electron chi connectivity index (χ0n) is 14.8. The average molecular weight is 303 g/mol. The molecule has 1 aromatic rings. The molecule has 0 aliphatic carbocycles. The molecule has 1 fully saturated rings. The molecular formula is C19H29NO2. The van der Waals surface area contributed by atoms with Crippen LogP contribution in [0.3, 0.4) is 0 Å². The SMILES string of the molecule is Cc1cc(C)c(C)c(O[C@H](C)C(=O)N2CCCC(C)(C)C2)c1. The number of nitrogens with zero attached hydrogens (tertiary/aromatic N) is 1. The molecule has 22 heavy (non-hydrogen) atoms. The first-order valence-corrected chi connectivity index (χ1v) is 8.23. The Hall–Kier alpha value is -1.51. The first-order valence-electron chi connectivity index (χ1n) is 8.23. The minimum absolute atomic E-state index is 0.103. The van der Waals surface area contributed by atoms with Gasteiger partial charge in [-0.15, -0.1) is 0 Å². The van der Waals surface area contributed by atoms with Crippen LogP contribution in [0.15, 0.2) is 12.1 Å². The number of ether oxygens (including phenoxy) is 1. The van der Waals surface area contributed by atoms with Gasteiger partial charge in [0.05, 0.1) is 0 Å². The maximum atomic E-state index is 12.7. The summed E-state index contributed by atoms with van der Waals surface area (Å²) in [5.74, 6) is 0.931. The van der Waals surface area contributed by atoms with Crippen LogP contribution in [0.1, 0.15) is 50.3 Å². The topological polar surface area (TPSA) is 29.5 Å². The summed E-state index contributed by atoms with van der Waals surface area (Å²) in [6.45, 7) is 14.2. The second kappa shape index (κ2) is 6.31. The second-order valence-electron chi connectivity index (χ2n) is 7.49. The van der Waals surface area contributed by atoms with Crippen molar-refractivity contribution in [2.24, 2.45) is 5.41 Å². The molecule has 0 bridgehead atoms. The average Bonchev–Trinajstić information content (AvgIpc) is 2.42. The molecule has 3 nitrogen and oxygen atoms in total. The molecule has 1 aliphatic heterocycles. The molecular weight excluding hydrogens is 274 g/mol. The van der Waals surface area contributed by atoms with Gasteiger partial charge in [0.25, 0.3) is 5.91 Å². The van der Waals surface area contributed by atoms with Crippen molar-refractivity contribution in [3.63, 3.8) is 0 Å². The van der Waals surface area contributed by atoms with Gasteiger partial charge in [0, 0.05) is 13.1 Å². The predicted octanol–water partition coefficient (Wildman–Crippen LogP) is 4.03. The molecule has 2 rings (SSSR count). The van der Waals surface area contributed by atoms with E-state index in [1.807, 2.05) is 24.8 Å². The highest BCUT2D eigenvalue weighted by Gasteiger charge is 2.31. The second-order valence-corrected chi connectivity index (χ2v) is 7.49. The molecule has 0 radical (unpaired) electrons. The van der Waals surface area contributed by atoms with Crippen molar-refractivity contribution in [2.45, 2.75) is 60.5 Å². The zero-order valence-corrected chi connectivity index (χ0v) is 14.8. The third-order valence-electron chi connectivity index (χ3n) is 4.63. The van der Waals surface area contributed by atoms with E-state index in [0.717, 1.165) is 36.4 Å². The van der Waals surface area contributed by atoms with Gasteiger partial charge in [-0.3, -0.25) is 4.79 Å². The lowest BCUT2D eigenvalue weighted by Crippen LogP contribution is -2.48. The van der Waals surface area contributed by atoms with Crippen LogP contribution in [0.5, 0.6) is 5.75 Å². The van der Waals surface area contributed by atoms with Gasteiger partial charge in [-0.25, -0.2) is 0 Å². The molecule has 1 atom stereocenters. The quantitative estimate of drug-likeness (QED) is 0.844. The summed E-state index contributed by atoms with van der Waals surface area (Å²) in [5.41, 5.74) is 3.69. The van der Waals surface area contributed by atoms with Crippen molar-refractivity contribution in [2.75, 3.05) is 13.1 Å². The number of hydrogen-bond donors (Lipinski definition) is 0. The van der Waals surface area contributed by atoms with Crippen LogP contribution in [0.25, 0.3) is 0 Å². The summed E-state index contributed by atoms with van der Waals surface area (Å²) in [6, 6.07) is 4.16. The summed E-state index contributed by atoms with van der Waals surface area (Å²) in [6.07, 6.45) is 1.82. The molecule has 1 heterocycles. The molecule has 0 N–H and O–H groups in total. The third-order valence-corrected chi connectivity index (χ3v) is 4.63. The molecule has 0 aromatic heterocycles. The van der Waals surface area contributed by atoms with E-state index in [9.17, 15) is 4.79 Å². The van der Waals surface area contributed by atoms with Crippen molar-refractivity contribution in [3.05, 3.63) is 28.8 Å². The van der Waals surface area contributed by atoms with Gasteiger partial charge in [-0.2, -0.15) is 0 Å². The van der Waals surface area contributed by atoms with E-state index in [1.165, 1.54) is 12.0 Å². The Morgan fingerprint density at radius 3 is 2.59 bits per heavy atom. The third kappa shape index (κ3) is 3.82. The largest absolute Gasteiger partial charge is 0.481 e. The maximum Gasteiger partial charge on any atom is 0.263 e. The standard InChI is InChI=1S/C19H29NO2/c1-13-10-14(2)15(3)17(11-13)22-16(4)18(21)20-9-7-8-19(5,6)12-20/h10-11,16H,7-9,12H2,1-6H3/t16-/m1/s1. The van der Waals surface area contributed by atoms with E-state index in [2.05, 4.69) is 33.8 Å². The van der Waals surface area contributed by atoms with Gasteiger partial charge in [-0.1, -0.05) is 19.9 Å². The number of carbonyl (C=O) groups excluding carboxylic acids is 1. The van der Waals surface area contributed by atoms with Gasteiger partial charge in [0.2, 0.25) is 0 Å². The molecule has 0 unspecified atom stereocenters. The van der Waals surface area contributed by atoms with Gasteiger partial charge in [0.1, 0.15) is 5.75 Å². The van der Waals surface area contributed by atoms with Gasteiger partial charge >= 0.3 is 0 Å². The van der Waals surface area contributed by atoms with Crippen molar-refractivity contribution in [1.29, 1.82) is 0 Å². The van der Waals surface area contributed by atoms with Crippen molar-refractivity contribution >= 4 is 5.91 Å². The summed E-state index contributed by atoms with van der Waals surface area (Å²) in [7, 11) is 0. The van der Waals surface area contributed by atoms with Gasteiger partial charge in [-0.05, 0) is 68.7 Å². The highest BCUT2D eigenvalue weighted by Crippen LogP contribution is 2.29. The Labute approximate surface area is 134 Å². The minimum atomic E-state index is -0.436. The Balaban J connectivity index is 2.09. The number of likely N-dealkylation sites (tertiary alicyclic amines) is 1. The monoisotopic (exact) mass is 303 g/mol. The fourth-order valence-electron chi connectivity index (χ4n) is 3.23. The lowest BCUT2D eigenvalue weighted by molar-refractivity contribution is -0.141. The molecule has 1 amide bonds. The molecule has 122 valence electrons. The minimum Gasteiger partial charge on any atom is -0.481 e. The lowest BCUT2D eigenvalue weighted by Gasteiger charge is -2.39. The zero-order chi connectivity index (χ0) is 16.5. The van der Waals surface area contributed by atoms with Crippen LogP contribution < -0.4 is 4.74 Å². The summed E-state index contributed by atoms with van der Waals surface area (Å²) >= 11 is 0. The molecule has 1 aromatic carbocycles. The van der Waals surface area contributed by atoms with Crippen molar-refractivity contribution in [1.82, 2.24) is 4.90 Å². The Morgan fingerprint density at radius 1 is 1.27 bits per heavy atom. The highest BCUT2D eigenvalue weighted by molar-refractivity contribution is 5.81. The molecule has 1 saturated heterocycles. The van der Waals surface area contributed by atoms with Crippen LogP contribution in [0.2, 0.25) is 0 Å². The van der Waals surface area contributed by atoms with E-state index in [4.69, 9.17) is 4.74 Å². The number of amides is 1. The molecule has 0 saturated carbocycles. The fraction of sp³-hybridized carbons (Fsp3) is 0.632. The lowest BCUT2D eigenvalue weighted by atomic mass is 9.84. The first kappa shape index (κ1) is 16.9. The van der Waals surface area contributed by atoms with E-state index in [0.29, 0.717) is 0 Å². The molecule has 3 heteroatoms. The summed E-state index contributed by atoms with van der Waals surface area (Å²) in [5, 5.41) is 0.